The summed E-state index contributed by atoms with van der Waals surface area (Å²) < 4.78 is 13.2. The van der Waals surface area contributed by atoms with E-state index >= 15 is 0 Å². The van der Waals surface area contributed by atoms with E-state index in [0.29, 0.717) is 28.9 Å². The van der Waals surface area contributed by atoms with Crippen LogP contribution in [0, 0.1) is 11.3 Å². The van der Waals surface area contributed by atoms with Gasteiger partial charge in [0.05, 0.1) is 28.9 Å². The number of carboxylic acid groups (broad SMARTS) is 1. The van der Waals surface area contributed by atoms with Gasteiger partial charge in [-0.2, -0.15) is 5.26 Å². The van der Waals surface area contributed by atoms with Gasteiger partial charge < -0.3 is 10.0 Å². The lowest BCUT2D eigenvalue weighted by Crippen LogP contribution is -2.48. The zero-order chi connectivity index (χ0) is 22.3. The molecule has 2 aromatic carbocycles. The highest BCUT2D eigenvalue weighted by atomic mass is 19.1. The van der Waals surface area contributed by atoms with E-state index in [2.05, 4.69) is 0 Å². The summed E-state index contributed by atoms with van der Waals surface area (Å²) in [4.78, 5) is 40.9. The number of carbonyl (C=O) groups excluding carboxylic acids is 2. The number of nitrogens with zero attached hydrogens (tertiary/aromatic N) is 3. The third-order valence-corrected chi connectivity index (χ3v) is 5.65. The number of carboxylic acids is 1. The molecule has 1 aliphatic carbocycles. The molecule has 1 atom stereocenters. The predicted molar refractivity (Wildman–Crippen MR) is 109 cm³/mol. The number of Topliss-reactive ketones (excluding diaryl/α,β-unsaturated/α-hetero) is 1. The third-order valence-electron chi connectivity index (χ3n) is 5.65. The number of hydrogen-bond acceptors (Lipinski definition) is 4. The molecule has 0 saturated carbocycles. The second kappa shape index (κ2) is 7.69. The van der Waals surface area contributed by atoms with Crippen LogP contribution in [0.15, 0.2) is 53.7 Å². The Hall–Kier alpha value is -3.99. The maximum Gasteiger partial charge on any atom is 0.336 e. The van der Waals surface area contributed by atoms with Crippen molar-refractivity contribution in [1.82, 2.24) is 4.90 Å². The van der Waals surface area contributed by atoms with E-state index in [1.54, 1.807) is 24.3 Å². The van der Waals surface area contributed by atoms with Crippen LogP contribution in [0.1, 0.15) is 45.9 Å². The molecule has 0 radical (unpaired) electrons. The molecule has 0 saturated heterocycles. The molecule has 2 aliphatic rings. The van der Waals surface area contributed by atoms with E-state index in [4.69, 9.17) is 5.26 Å². The highest BCUT2D eigenvalue weighted by molar-refractivity contribution is 6.08. The van der Waals surface area contributed by atoms with Crippen LogP contribution in [0.25, 0.3) is 0 Å². The maximum absolute atomic E-state index is 13.4. The van der Waals surface area contributed by atoms with E-state index in [-0.39, 0.29) is 28.9 Å². The second-order valence-corrected chi connectivity index (χ2v) is 7.44. The maximum atomic E-state index is 13.4. The zero-order valence-electron chi connectivity index (χ0n) is 16.6. The monoisotopic (exact) mass is 419 g/mol. The molecule has 1 heterocycles. The molecule has 2 amide bonds. The molecule has 0 aromatic heterocycles. The van der Waals surface area contributed by atoms with E-state index < -0.39 is 24.7 Å². The number of likely N-dealkylation sites (N-methyl/N-ethyl adjacent to an activating group) is 1. The Bertz CT molecular complexity index is 1200. The number of alkyl halides is 1. The molecule has 4 rings (SSSR count). The SMILES string of the molecule is CN1C(=O)N(c2cccc(CF)c2)C2=C(C(=O)CC2)C1c1ccc(C#N)cc1C(=O)O. The van der Waals surface area contributed by atoms with E-state index in [9.17, 15) is 23.9 Å². The molecule has 1 aliphatic heterocycles. The Kier molecular flexibility index (Phi) is 5.03. The first-order chi connectivity index (χ1) is 14.9. The summed E-state index contributed by atoms with van der Waals surface area (Å²) in [5, 5.41) is 18.8. The number of carbonyl (C=O) groups is 3. The quantitative estimate of drug-likeness (QED) is 0.808. The predicted octanol–water partition coefficient (Wildman–Crippen LogP) is 3.96. The van der Waals surface area contributed by atoms with Crippen molar-refractivity contribution in [3.8, 4) is 6.07 Å². The average Bonchev–Trinajstić information content (AvgIpc) is 3.15. The lowest BCUT2D eigenvalue weighted by atomic mass is 9.89. The van der Waals surface area contributed by atoms with Gasteiger partial charge in [0, 0.05) is 24.7 Å². The van der Waals surface area contributed by atoms with E-state index in [0.717, 1.165) is 0 Å². The van der Waals surface area contributed by atoms with Gasteiger partial charge in [0.1, 0.15) is 6.67 Å². The molecule has 156 valence electrons. The van der Waals surface area contributed by atoms with Crippen LogP contribution < -0.4 is 4.90 Å². The Balaban J connectivity index is 1.92. The standard InChI is InChI=1S/C23H18FN3O4/c1-26-21(16-6-5-14(12-25)10-17(16)22(29)30)20-18(7-8-19(20)28)27(23(26)31)15-4-2-3-13(9-15)11-24/h2-6,9-10,21H,7-8,11H2,1H3,(H,29,30). The summed E-state index contributed by atoms with van der Waals surface area (Å²) in [6.45, 7) is -0.688. The highest BCUT2D eigenvalue weighted by Gasteiger charge is 2.45. The number of anilines is 1. The molecule has 31 heavy (non-hydrogen) atoms. The second-order valence-electron chi connectivity index (χ2n) is 7.44. The lowest BCUT2D eigenvalue weighted by Gasteiger charge is -2.40. The fourth-order valence-electron chi connectivity index (χ4n) is 4.24. The van der Waals surface area contributed by atoms with Gasteiger partial charge in [-0.25, -0.2) is 14.0 Å². The van der Waals surface area contributed by atoms with Crippen molar-refractivity contribution in [3.63, 3.8) is 0 Å². The molecule has 0 bridgehead atoms. The van der Waals surface area contributed by atoms with Crippen molar-refractivity contribution >= 4 is 23.5 Å². The number of allylic oxidation sites excluding steroid dienone is 1. The number of amides is 2. The van der Waals surface area contributed by atoms with Crippen molar-refractivity contribution in [2.45, 2.75) is 25.6 Å². The fourth-order valence-corrected chi connectivity index (χ4v) is 4.24. The largest absolute Gasteiger partial charge is 0.478 e. The minimum absolute atomic E-state index is 0.136. The van der Waals surface area contributed by atoms with Crippen molar-refractivity contribution < 1.29 is 23.9 Å². The first-order valence-electron chi connectivity index (χ1n) is 9.62. The zero-order valence-corrected chi connectivity index (χ0v) is 16.6. The number of aromatic carboxylic acids is 1. The van der Waals surface area contributed by atoms with Gasteiger partial charge in [-0.1, -0.05) is 18.2 Å². The Morgan fingerprint density at radius 3 is 2.68 bits per heavy atom. The van der Waals surface area contributed by atoms with Gasteiger partial charge in [-0.3, -0.25) is 9.69 Å². The minimum atomic E-state index is -1.25. The van der Waals surface area contributed by atoms with Gasteiger partial charge in [-0.15, -0.1) is 0 Å². The molecule has 1 N–H and O–H groups in total. The van der Waals surface area contributed by atoms with Gasteiger partial charge in [0.2, 0.25) is 0 Å². The van der Waals surface area contributed by atoms with Crippen LogP contribution in [0.3, 0.4) is 0 Å². The van der Waals surface area contributed by atoms with Crippen LogP contribution in [-0.4, -0.2) is 34.8 Å². The van der Waals surface area contributed by atoms with Gasteiger partial charge in [0.15, 0.2) is 5.78 Å². The summed E-state index contributed by atoms with van der Waals surface area (Å²) in [7, 11) is 1.50. The van der Waals surface area contributed by atoms with Gasteiger partial charge >= 0.3 is 12.0 Å². The minimum Gasteiger partial charge on any atom is -0.478 e. The number of hydrogen-bond donors (Lipinski definition) is 1. The van der Waals surface area contributed by atoms with Crippen LogP contribution >= 0.6 is 0 Å². The number of ketones is 1. The van der Waals surface area contributed by atoms with Crippen LogP contribution in [0.2, 0.25) is 0 Å². The van der Waals surface area contributed by atoms with E-state index in [1.807, 2.05) is 6.07 Å². The van der Waals surface area contributed by atoms with E-state index in [1.165, 1.54) is 35.0 Å². The molecular weight excluding hydrogens is 401 g/mol. The molecule has 1 unspecified atom stereocenters. The number of halogens is 1. The summed E-state index contributed by atoms with van der Waals surface area (Å²) in [6.07, 6.45) is 0.517. The lowest BCUT2D eigenvalue weighted by molar-refractivity contribution is -0.115. The van der Waals surface area contributed by atoms with Crippen LogP contribution in [0.4, 0.5) is 14.9 Å². The summed E-state index contributed by atoms with van der Waals surface area (Å²) >= 11 is 0. The van der Waals surface area contributed by atoms with Crippen LogP contribution in [0.5, 0.6) is 0 Å². The fraction of sp³-hybridized carbons (Fsp3) is 0.217. The molecule has 0 fully saturated rings. The number of urea groups is 1. The molecular formula is C23H18FN3O4. The first-order valence-corrected chi connectivity index (χ1v) is 9.62. The topological polar surface area (TPSA) is 102 Å². The average molecular weight is 419 g/mol. The molecule has 7 nitrogen and oxygen atoms in total. The smallest absolute Gasteiger partial charge is 0.336 e. The van der Waals surface area contributed by atoms with Crippen molar-refractivity contribution in [3.05, 3.63) is 76.0 Å². The van der Waals surface area contributed by atoms with Crippen molar-refractivity contribution in [2.24, 2.45) is 0 Å². The highest BCUT2D eigenvalue weighted by Crippen LogP contribution is 2.45. The number of nitriles is 1. The third kappa shape index (κ3) is 3.24. The molecule has 8 heteroatoms. The normalized spacial score (nSPS) is 18.3. The van der Waals surface area contributed by atoms with Gasteiger partial charge in [0.25, 0.3) is 0 Å². The molecule has 2 aromatic rings. The van der Waals surface area contributed by atoms with Gasteiger partial charge in [-0.05, 0) is 41.8 Å². The number of benzene rings is 2. The van der Waals surface area contributed by atoms with Crippen LogP contribution in [-0.2, 0) is 11.5 Å². The Morgan fingerprint density at radius 1 is 1.23 bits per heavy atom. The summed E-state index contributed by atoms with van der Waals surface area (Å²) in [5.41, 5.74) is 2.00. The number of rotatable bonds is 4. The summed E-state index contributed by atoms with van der Waals surface area (Å²) in [6, 6.07) is 11.2. The van der Waals surface area contributed by atoms with Crippen molar-refractivity contribution in [1.29, 1.82) is 5.26 Å². The molecule has 0 spiro atoms. The Labute approximate surface area is 177 Å². The van der Waals surface area contributed by atoms with Crippen molar-refractivity contribution in [2.75, 3.05) is 11.9 Å². The Morgan fingerprint density at radius 2 is 2.00 bits per heavy atom. The summed E-state index contributed by atoms with van der Waals surface area (Å²) in [5.74, 6) is -1.43. The first kappa shape index (κ1) is 20.3.